The summed E-state index contributed by atoms with van der Waals surface area (Å²) in [7, 11) is -8.79. The number of hydrogen-bond donors (Lipinski definition) is 3. The van der Waals surface area contributed by atoms with Crippen molar-refractivity contribution in [2.75, 3.05) is 13.2 Å². The first-order valence-corrected chi connectivity index (χ1v) is 9.23. The third kappa shape index (κ3) is 5.69. The van der Waals surface area contributed by atoms with Gasteiger partial charge in [-0.3, -0.25) is 9.05 Å². The highest BCUT2D eigenvalue weighted by molar-refractivity contribution is 8.30. The van der Waals surface area contributed by atoms with Crippen molar-refractivity contribution in [2.24, 2.45) is 0 Å². The predicted molar refractivity (Wildman–Crippen MR) is 62.9 cm³/mol. The van der Waals surface area contributed by atoms with Crippen LogP contribution in [0.15, 0.2) is 0 Å². The van der Waals surface area contributed by atoms with E-state index in [4.69, 9.17) is 23.7 Å². The summed E-state index contributed by atoms with van der Waals surface area (Å²) < 4.78 is 21.5. The fraction of sp³-hybridized carbons (Fsp3) is 1.00. The Bertz CT molecular complexity index is 213. The Balaban J connectivity index is 4.33. The highest BCUT2D eigenvalue weighted by Crippen LogP contribution is 2.83. The van der Waals surface area contributed by atoms with Crippen LogP contribution in [-0.2, 0) is 13.6 Å². The topological polar surface area (TPSA) is 96.2 Å². The standard InChI is InChI=1S/C8H21O6P2/c1-3-5-7-13-16(12,15(9,10)11)14-8-6-4-2/h9-11H,3-8H2,1-2H3/q+1. The summed E-state index contributed by atoms with van der Waals surface area (Å²) in [5.41, 5.74) is 0. The lowest BCUT2D eigenvalue weighted by molar-refractivity contribution is 0.198. The highest BCUT2D eigenvalue weighted by Gasteiger charge is 2.59. The second-order valence-electron chi connectivity index (χ2n) is 3.38. The van der Waals surface area contributed by atoms with Crippen LogP contribution >= 0.6 is 14.9 Å². The van der Waals surface area contributed by atoms with E-state index in [1.54, 1.807) is 0 Å². The zero-order valence-corrected chi connectivity index (χ0v) is 11.5. The van der Waals surface area contributed by atoms with Gasteiger partial charge in [0, 0.05) is 0 Å². The Morgan fingerprint density at radius 3 is 1.62 bits per heavy atom. The van der Waals surface area contributed by atoms with Gasteiger partial charge in [-0.05, 0) is 12.8 Å². The van der Waals surface area contributed by atoms with Crippen LogP contribution in [0.2, 0.25) is 0 Å². The maximum absolute atomic E-state index is 11.8. The van der Waals surface area contributed by atoms with Crippen molar-refractivity contribution in [1.29, 1.82) is 0 Å². The van der Waals surface area contributed by atoms with Crippen molar-refractivity contribution in [3.05, 3.63) is 0 Å². The molecule has 0 amide bonds. The molecule has 0 saturated heterocycles. The molecule has 98 valence electrons. The minimum Gasteiger partial charge on any atom is -0.273 e. The van der Waals surface area contributed by atoms with Crippen molar-refractivity contribution in [3.63, 3.8) is 0 Å². The molecule has 0 unspecified atom stereocenters. The molecule has 0 aliphatic heterocycles. The lowest BCUT2D eigenvalue weighted by Gasteiger charge is -2.16. The van der Waals surface area contributed by atoms with Crippen molar-refractivity contribution in [3.8, 4) is 0 Å². The molecule has 0 aromatic heterocycles. The molecule has 8 heteroatoms. The van der Waals surface area contributed by atoms with E-state index in [9.17, 15) is 4.57 Å². The Morgan fingerprint density at radius 1 is 1.00 bits per heavy atom. The molecule has 0 saturated carbocycles. The van der Waals surface area contributed by atoms with Gasteiger partial charge in [-0.2, -0.15) is 14.7 Å². The Hall–Kier alpha value is 0.460. The summed E-state index contributed by atoms with van der Waals surface area (Å²) in [6, 6.07) is 0. The van der Waals surface area contributed by atoms with Gasteiger partial charge in [-0.25, -0.2) is 4.57 Å². The molecule has 0 aliphatic rings. The van der Waals surface area contributed by atoms with Crippen LogP contribution in [0.3, 0.4) is 0 Å². The zero-order chi connectivity index (χ0) is 12.7. The third-order valence-corrected chi connectivity index (χ3v) is 6.17. The van der Waals surface area contributed by atoms with E-state index in [1.165, 1.54) is 0 Å². The van der Waals surface area contributed by atoms with Crippen LogP contribution in [0, 0.1) is 0 Å². The van der Waals surface area contributed by atoms with E-state index in [0.29, 0.717) is 12.8 Å². The van der Waals surface area contributed by atoms with Gasteiger partial charge in [0.15, 0.2) is 0 Å². The summed E-state index contributed by atoms with van der Waals surface area (Å²) in [4.78, 5) is 27.1. The Labute approximate surface area is 96.6 Å². The molecule has 0 spiro atoms. The second-order valence-corrected chi connectivity index (χ2v) is 8.99. The van der Waals surface area contributed by atoms with E-state index < -0.39 is 14.9 Å². The van der Waals surface area contributed by atoms with E-state index in [2.05, 4.69) is 0 Å². The number of rotatable bonds is 9. The largest absolute Gasteiger partial charge is 0.560 e. The van der Waals surface area contributed by atoms with Gasteiger partial charge in [0.25, 0.3) is 0 Å². The average Bonchev–Trinajstić information content (AvgIpc) is 2.17. The summed E-state index contributed by atoms with van der Waals surface area (Å²) in [6.45, 7) is 3.96. The SMILES string of the molecule is CCCCOP(=O)(OCCCC)[P+](O)(O)O. The number of hydrogen-bond acceptors (Lipinski definition) is 6. The monoisotopic (exact) mass is 275 g/mol. The van der Waals surface area contributed by atoms with Crippen LogP contribution in [0.4, 0.5) is 0 Å². The molecule has 0 rings (SSSR count). The molecule has 0 atom stereocenters. The minimum absolute atomic E-state index is 0.0728. The average molecular weight is 275 g/mol. The smallest absolute Gasteiger partial charge is 0.273 e. The van der Waals surface area contributed by atoms with Gasteiger partial charge in [-0.1, -0.05) is 26.7 Å². The first-order valence-electron chi connectivity index (χ1n) is 5.34. The van der Waals surface area contributed by atoms with Gasteiger partial charge in [0.2, 0.25) is 0 Å². The predicted octanol–water partition coefficient (Wildman–Crippen LogP) is 2.47. The molecule has 16 heavy (non-hydrogen) atoms. The van der Waals surface area contributed by atoms with Crippen molar-refractivity contribution in [1.82, 2.24) is 0 Å². The molecule has 0 aliphatic carbocycles. The summed E-state index contributed by atoms with van der Waals surface area (Å²) >= 11 is 0. The molecule has 0 aromatic rings. The first-order chi connectivity index (χ1) is 7.37. The molecule has 0 aromatic carbocycles. The van der Waals surface area contributed by atoms with Gasteiger partial charge >= 0.3 is 14.9 Å². The fourth-order valence-corrected chi connectivity index (χ4v) is 3.36. The van der Waals surface area contributed by atoms with Crippen molar-refractivity contribution in [2.45, 2.75) is 39.5 Å². The van der Waals surface area contributed by atoms with Crippen molar-refractivity contribution < 1.29 is 28.3 Å². The van der Waals surface area contributed by atoms with E-state index in [0.717, 1.165) is 12.8 Å². The molecular weight excluding hydrogens is 254 g/mol. The maximum Gasteiger partial charge on any atom is 0.560 e. The molecule has 0 bridgehead atoms. The molecule has 0 fully saturated rings. The highest BCUT2D eigenvalue weighted by atomic mass is 32.1. The third-order valence-electron chi connectivity index (χ3n) is 1.83. The van der Waals surface area contributed by atoms with E-state index >= 15 is 0 Å². The van der Waals surface area contributed by atoms with Gasteiger partial charge in [0.05, 0.1) is 13.2 Å². The Morgan fingerprint density at radius 2 is 1.38 bits per heavy atom. The van der Waals surface area contributed by atoms with Crippen LogP contribution in [0.1, 0.15) is 39.5 Å². The first kappa shape index (κ1) is 16.5. The summed E-state index contributed by atoms with van der Waals surface area (Å²) in [5, 5.41) is 0. The normalized spacial score (nSPS) is 13.1. The summed E-state index contributed by atoms with van der Waals surface area (Å²) in [5.74, 6) is 0. The minimum atomic E-state index is -4.61. The fourth-order valence-electron chi connectivity index (χ4n) is 0.841. The summed E-state index contributed by atoms with van der Waals surface area (Å²) in [6.07, 6.45) is 2.84. The number of unbranched alkanes of at least 4 members (excludes halogenated alkanes) is 2. The van der Waals surface area contributed by atoms with Crippen LogP contribution in [0.25, 0.3) is 0 Å². The maximum atomic E-state index is 11.8. The molecular formula is C8H21O6P2+. The van der Waals surface area contributed by atoms with Crippen molar-refractivity contribution >= 4 is 14.9 Å². The van der Waals surface area contributed by atoms with Crippen LogP contribution in [-0.4, -0.2) is 27.9 Å². The molecule has 0 heterocycles. The van der Waals surface area contributed by atoms with E-state index in [1.807, 2.05) is 13.8 Å². The van der Waals surface area contributed by atoms with Gasteiger partial charge in [-0.15, -0.1) is 0 Å². The molecule has 3 N–H and O–H groups in total. The molecule has 6 nitrogen and oxygen atoms in total. The second kappa shape index (κ2) is 7.72. The van der Waals surface area contributed by atoms with Crippen LogP contribution in [0.5, 0.6) is 0 Å². The zero-order valence-electron chi connectivity index (χ0n) is 9.70. The Kier molecular flexibility index (Phi) is 7.94. The van der Waals surface area contributed by atoms with E-state index in [-0.39, 0.29) is 13.2 Å². The quantitative estimate of drug-likeness (QED) is 0.442. The lowest BCUT2D eigenvalue weighted by Crippen LogP contribution is -2.03. The van der Waals surface area contributed by atoms with Crippen LogP contribution < -0.4 is 0 Å². The van der Waals surface area contributed by atoms with Gasteiger partial charge in [0.1, 0.15) is 0 Å². The molecule has 0 radical (unpaired) electrons. The lowest BCUT2D eigenvalue weighted by atomic mass is 10.4. The van der Waals surface area contributed by atoms with Gasteiger partial charge < -0.3 is 0 Å².